The predicted molar refractivity (Wildman–Crippen MR) is 80.6 cm³/mol. The lowest BCUT2D eigenvalue weighted by Crippen LogP contribution is -2.24. The minimum absolute atomic E-state index is 0.419. The topological polar surface area (TPSA) is 71.1 Å². The number of benzene rings is 1. The number of aromatic nitrogens is 1. The molecular weight excluding hydrogens is 306 g/mol. The molecule has 0 saturated carbocycles. The molecule has 2 aromatic rings. The van der Waals surface area contributed by atoms with Crippen LogP contribution in [0.3, 0.4) is 0 Å². The van der Waals surface area contributed by atoms with Gasteiger partial charge in [-0.25, -0.2) is 18.1 Å². The van der Waals surface area contributed by atoms with Crippen LogP contribution in [0.4, 0.5) is 5.13 Å². The van der Waals surface area contributed by atoms with Crippen molar-refractivity contribution >= 4 is 48.3 Å². The van der Waals surface area contributed by atoms with E-state index in [-0.39, 0.29) is 0 Å². The first-order chi connectivity index (χ1) is 8.94. The van der Waals surface area contributed by atoms with E-state index in [4.69, 9.17) is 11.6 Å². The maximum absolute atomic E-state index is 10.9. The Labute approximate surface area is 121 Å². The number of hydrogen-bond acceptors (Lipinski definition) is 5. The molecule has 8 heteroatoms. The van der Waals surface area contributed by atoms with Crippen LogP contribution in [-0.2, 0) is 10.0 Å². The van der Waals surface area contributed by atoms with Gasteiger partial charge in [-0.15, -0.1) is 0 Å². The SMILES string of the molecule is CS(=O)(=O)NCCCNc1nc2ccc(Cl)cc2s1. The van der Waals surface area contributed by atoms with Crippen molar-refractivity contribution in [1.82, 2.24) is 9.71 Å². The second kappa shape index (κ2) is 6.04. The quantitative estimate of drug-likeness (QED) is 0.801. The Bertz CT molecular complexity index is 670. The van der Waals surface area contributed by atoms with E-state index in [0.717, 1.165) is 21.6 Å². The summed E-state index contributed by atoms with van der Waals surface area (Å²) in [4.78, 5) is 4.41. The normalized spacial score (nSPS) is 11.9. The lowest BCUT2D eigenvalue weighted by atomic mass is 10.3. The molecule has 0 amide bonds. The molecule has 1 heterocycles. The Balaban J connectivity index is 1.85. The Morgan fingerprint density at radius 1 is 1.37 bits per heavy atom. The number of thiazole rings is 1. The molecule has 0 spiro atoms. The molecule has 2 N–H and O–H groups in total. The van der Waals surface area contributed by atoms with Gasteiger partial charge in [0.25, 0.3) is 0 Å². The largest absolute Gasteiger partial charge is 0.361 e. The van der Waals surface area contributed by atoms with Crippen LogP contribution < -0.4 is 10.0 Å². The van der Waals surface area contributed by atoms with Crippen molar-refractivity contribution in [2.24, 2.45) is 0 Å². The molecule has 0 aliphatic carbocycles. The number of rotatable bonds is 6. The highest BCUT2D eigenvalue weighted by Crippen LogP contribution is 2.28. The van der Waals surface area contributed by atoms with Gasteiger partial charge in [-0.3, -0.25) is 0 Å². The third-order valence-corrected chi connectivity index (χ3v) is 4.28. The van der Waals surface area contributed by atoms with E-state index in [1.165, 1.54) is 11.3 Å². The van der Waals surface area contributed by atoms with Crippen LogP contribution in [0.1, 0.15) is 6.42 Å². The molecule has 0 aliphatic heterocycles. The number of anilines is 1. The molecule has 1 aromatic heterocycles. The summed E-state index contributed by atoms with van der Waals surface area (Å²) in [6.45, 7) is 1.08. The van der Waals surface area contributed by atoms with Gasteiger partial charge in [-0.2, -0.15) is 0 Å². The summed E-state index contributed by atoms with van der Waals surface area (Å²) in [5.74, 6) is 0. The Hall–Kier alpha value is -0.890. The predicted octanol–water partition coefficient (Wildman–Crippen LogP) is 2.30. The van der Waals surface area contributed by atoms with Gasteiger partial charge in [0.2, 0.25) is 10.0 Å². The zero-order valence-electron chi connectivity index (χ0n) is 10.3. The van der Waals surface area contributed by atoms with Crippen molar-refractivity contribution < 1.29 is 8.42 Å². The van der Waals surface area contributed by atoms with Crippen LogP contribution in [0, 0.1) is 0 Å². The minimum atomic E-state index is -3.10. The van der Waals surface area contributed by atoms with Crippen molar-refractivity contribution in [3.8, 4) is 0 Å². The first-order valence-electron chi connectivity index (χ1n) is 5.69. The highest BCUT2D eigenvalue weighted by atomic mass is 35.5. The first-order valence-corrected chi connectivity index (χ1v) is 8.77. The monoisotopic (exact) mass is 319 g/mol. The van der Waals surface area contributed by atoms with Gasteiger partial charge < -0.3 is 5.32 Å². The minimum Gasteiger partial charge on any atom is -0.361 e. The maximum atomic E-state index is 10.9. The van der Waals surface area contributed by atoms with Crippen molar-refractivity contribution in [1.29, 1.82) is 0 Å². The van der Waals surface area contributed by atoms with Crippen LogP contribution in [0.25, 0.3) is 10.2 Å². The van der Waals surface area contributed by atoms with E-state index >= 15 is 0 Å². The van der Waals surface area contributed by atoms with E-state index < -0.39 is 10.0 Å². The molecule has 0 saturated heterocycles. The van der Waals surface area contributed by atoms with Crippen molar-refractivity contribution in [3.63, 3.8) is 0 Å². The second-order valence-corrected chi connectivity index (χ2v) is 7.38. The van der Waals surface area contributed by atoms with Gasteiger partial charge in [0.1, 0.15) is 0 Å². The average Bonchev–Trinajstić information content (AvgIpc) is 2.68. The number of nitrogens with zero attached hydrogens (tertiary/aromatic N) is 1. The molecule has 5 nitrogen and oxygen atoms in total. The zero-order chi connectivity index (χ0) is 13.9. The fourth-order valence-electron chi connectivity index (χ4n) is 1.52. The fraction of sp³-hybridized carbons (Fsp3) is 0.364. The van der Waals surface area contributed by atoms with Crippen LogP contribution in [-0.4, -0.2) is 32.7 Å². The molecule has 0 atom stereocenters. The summed E-state index contributed by atoms with van der Waals surface area (Å²) >= 11 is 7.44. The molecule has 104 valence electrons. The molecule has 19 heavy (non-hydrogen) atoms. The van der Waals surface area contributed by atoms with Gasteiger partial charge in [0, 0.05) is 18.1 Å². The van der Waals surface area contributed by atoms with Crippen LogP contribution in [0.5, 0.6) is 0 Å². The second-order valence-electron chi connectivity index (χ2n) is 4.08. The lowest BCUT2D eigenvalue weighted by Gasteiger charge is -2.03. The average molecular weight is 320 g/mol. The smallest absolute Gasteiger partial charge is 0.208 e. The number of nitrogens with one attached hydrogen (secondary N) is 2. The summed E-state index contributed by atoms with van der Waals surface area (Å²) in [5, 5.41) is 4.68. The number of halogens is 1. The summed E-state index contributed by atoms with van der Waals surface area (Å²) < 4.78 is 25.2. The zero-order valence-corrected chi connectivity index (χ0v) is 12.7. The van der Waals surface area contributed by atoms with Crippen LogP contribution in [0.2, 0.25) is 5.02 Å². The highest BCUT2D eigenvalue weighted by molar-refractivity contribution is 7.88. The van der Waals surface area contributed by atoms with Gasteiger partial charge >= 0.3 is 0 Å². The third kappa shape index (κ3) is 4.61. The third-order valence-electron chi connectivity index (χ3n) is 2.34. The van der Waals surface area contributed by atoms with E-state index in [2.05, 4.69) is 15.0 Å². The van der Waals surface area contributed by atoms with E-state index in [0.29, 0.717) is 24.5 Å². The molecule has 0 radical (unpaired) electrons. The molecule has 0 bridgehead atoms. The molecule has 0 aliphatic rings. The van der Waals surface area contributed by atoms with Gasteiger partial charge in [0.15, 0.2) is 5.13 Å². The Morgan fingerprint density at radius 2 is 2.16 bits per heavy atom. The summed E-state index contributed by atoms with van der Waals surface area (Å²) in [5.41, 5.74) is 0.908. The van der Waals surface area contributed by atoms with Gasteiger partial charge in [0.05, 0.1) is 16.5 Å². The lowest BCUT2D eigenvalue weighted by molar-refractivity contribution is 0.586. The summed E-state index contributed by atoms with van der Waals surface area (Å²) in [7, 11) is -3.10. The van der Waals surface area contributed by atoms with Gasteiger partial charge in [-0.1, -0.05) is 22.9 Å². The van der Waals surface area contributed by atoms with Crippen molar-refractivity contribution in [3.05, 3.63) is 23.2 Å². The van der Waals surface area contributed by atoms with Crippen LogP contribution >= 0.6 is 22.9 Å². The van der Waals surface area contributed by atoms with Crippen molar-refractivity contribution in [2.45, 2.75) is 6.42 Å². The summed E-state index contributed by atoms with van der Waals surface area (Å²) in [6, 6.07) is 5.57. The Morgan fingerprint density at radius 3 is 2.89 bits per heavy atom. The molecule has 2 rings (SSSR count). The number of hydrogen-bond donors (Lipinski definition) is 2. The fourth-order valence-corrected chi connectivity index (χ4v) is 3.20. The van der Waals surface area contributed by atoms with Crippen molar-refractivity contribution in [2.75, 3.05) is 24.7 Å². The standard InChI is InChI=1S/C11H14ClN3O2S2/c1-19(16,17)14-6-2-5-13-11-15-9-4-3-8(12)7-10(9)18-11/h3-4,7,14H,2,5-6H2,1H3,(H,13,15). The molecule has 1 aromatic carbocycles. The van der Waals surface area contributed by atoms with E-state index in [1.54, 1.807) is 0 Å². The van der Waals surface area contributed by atoms with E-state index in [1.807, 2.05) is 18.2 Å². The highest BCUT2D eigenvalue weighted by Gasteiger charge is 2.04. The maximum Gasteiger partial charge on any atom is 0.208 e. The molecule has 0 fully saturated rings. The van der Waals surface area contributed by atoms with E-state index in [9.17, 15) is 8.42 Å². The number of sulfonamides is 1. The van der Waals surface area contributed by atoms with Crippen LogP contribution in [0.15, 0.2) is 18.2 Å². The molecular formula is C11H14ClN3O2S2. The first kappa shape index (κ1) is 14.5. The Kier molecular flexibility index (Phi) is 4.62. The van der Waals surface area contributed by atoms with Gasteiger partial charge in [-0.05, 0) is 24.6 Å². The number of fused-ring (bicyclic) bond motifs is 1. The summed E-state index contributed by atoms with van der Waals surface area (Å²) in [6.07, 6.45) is 1.85. The molecule has 0 unspecified atom stereocenters.